The molecule has 1 aliphatic rings. The third-order valence-electron chi connectivity index (χ3n) is 5.00. The van der Waals surface area contributed by atoms with Crippen molar-refractivity contribution in [2.75, 3.05) is 18.6 Å². The number of anilines is 1. The fraction of sp³-hybridized carbons (Fsp3) is 0.286. The minimum Gasteiger partial charge on any atom is -0.468 e. The largest absolute Gasteiger partial charge is 0.468 e. The van der Waals surface area contributed by atoms with Crippen LogP contribution in [0.1, 0.15) is 23.7 Å². The van der Waals surface area contributed by atoms with Crippen LogP contribution < -0.4 is 4.90 Å². The molecule has 1 aromatic heterocycles. The van der Waals surface area contributed by atoms with E-state index >= 15 is 0 Å². The van der Waals surface area contributed by atoms with Crippen molar-refractivity contribution in [1.82, 2.24) is 9.55 Å². The number of carbonyl (C=O) groups excluding carboxylic acids is 2. The summed E-state index contributed by atoms with van der Waals surface area (Å²) in [5.41, 5.74) is 3.71. The van der Waals surface area contributed by atoms with Crippen LogP contribution in [-0.2, 0) is 20.9 Å². The number of aromatic nitrogens is 2. The Kier molecular flexibility index (Phi) is 4.39. The van der Waals surface area contributed by atoms with E-state index in [4.69, 9.17) is 9.72 Å². The molecule has 0 unspecified atom stereocenters. The van der Waals surface area contributed by atoms with Crippen molar-refractivity contribution >= 4 is 28.6 Å². The Morgan fingerprint density at radius 3 is 2.81 bits per heavy atom. The molecule has 1 fully saturated rings. The number of imidazole rings is 1. The van der Waals surface area contributed by atoms with Crippen molar-refractivity contribution in [1.29, 1.82) is 0 Å². The normalized spacial score (nSPS) is 16.9. The van der Waals surface area contributed by atoms with Gasteiger partial charge in [-0.25, -0.2) is 4.98 Å². The second kappa shape index (κ2) is 6.87. The van der Waals surface area contributed by atoms with E-state index < -0.39 is 0 Å². The number of fused-ring (bicyclic) bond motifs is 1. The summed E-state index contributed by atoms with van der Waals surface area (Å²) in [6, 6.07) is 15.6. The van der Waals surface area contributed by atoms with Crippen LogP contribution in [0.2, 0.25) is 0 Å². The lowest BCUT2D eigenvalue weighted by Crippen LogP contribution is -2.24. The number of esters is 1. The molecule has 0 bridgehead atoms. The van der Waals surface area contributed by atoms with Gasteiger partial charge < -0.3 is 14.2 Å². The fourth-order valence-electron chi connectivity index (χ4n) is 3.69. The third kappa shape index (κ3) is 3.18. The fourth-order valence-corrected chi connectivity index (χ4v) is 3.69. The number of carbonyl (C=O) groups is 2. The van der Waals surface area contributed by atoms with Gasteiger partial charge in [0.1, 0.15) is 12.4 Å². The van der Waals surface area contributed by atoms with E-state index in [2.05, 4.69) is 0 Å². The van der Waals surface area contributed by atoms with Crippen LogP contribution in [0, 0.1) is 6.92 Å². The van der Waals surface area contributed by atoms with Gasteiger partial charge in [0.25, 0.3) is 0 Å². The molecule has 0 spiro atoms. The lowest BCUT2D eigenvalue weighted by atomic mass is 10.1. The summed E-state index contributed by atoms with van der Waals surface area (Å²) in [5.74, 6) is 0.418. The van der Waals surface area contributed by atoms with E-state index in [1.165, 1.54) is 7.11 Å². The van der Waals surface area contributed by atoms with E-state index in [-0.39, 0.29) is 24.3 Å². The molecule has 1 atom stereocenters. The van der Waals surface area contributed by atoms with Gasteiger partial charge in [0, 0.05) is 24.6 Å². The molecule has 0 radical (unpaired) electrons. The first-order chi connectivity index (χ1) is 13.1. The molecule has 0 aliphatic carbocycles. The topological polar surface area (TPSA) is 64.4 Å². The summed E-state index contributed by atoms with van der Waals surface area (Å²) in [7, 11) is 1.37. The zero-order chi connectivity index (χ0) is 19.0. The number of rotatable bonds is 4. The zero-order valence-corrected chi connectivity index (χ0v) is 15.4. The van der Waals surface area contributed by atoms with Crippen LogP contribution >= 0.6 is 0 Å². The van der Waals surface area contributed by atoms with Gasteiger partial charge in [-0.15, -0.1) is 0 Å². The molecule has 1 amide bonds. The Balaban J connectivity index is 1.71. The van der Waals surface area contributed by atoms with Crippen LogP contribution in [0.4, 0.5) is 5.69 Å². The van der Waals surface area contributed by atoms with E-state index in [1.54, 1.807) is 4.90 Å². The predicted molar refractivity (Wildman–Crippen MR) is 103 cm³/mol. The predicted octanol–water partition coefficient (Wildman–Crippen LogP) is 3.04. The molecule has 4 rings (SSSR count). The highest BCUT2D eigenvalue weighted by molar-refractivity contribution is 5.96. The monoisotopic (exact) mass is 363 g/mol. The number of aryl methyl sites for hydroxylation is 1. The molecule has 6 nitrogen and oxygen atoms in total. The van der Waals surface area contributed by atoms with E-state index in [0.717, 1.165) is 28.1 Å². The van der Waals surface area contributed by atoms with Gasteiger partial charge in [-0.3, -0.25) is 9.59 Å². The molecule has 6 heteroatoms. The van der Waals surface area contributed by atoms with E-state index in [1.807, 2.05) is 60.0 Å². The average Bonchev–Trinajstić information content (AvgIpc) is 3.22. The Labute approximate surface area is 157 Å². The van der Waals surface area contributed by atoms with Crippen molar-refractivity contribution < 1.29 is 14.3 Å². The number of methoxy groups -OCH3 is 1. The maximum absolute atomic E-state index is 12.7. The maximum atomic E-state index is 12.7. The SMILES string of the molecule is COC(=O)Cn1c([C@@H]2CC(=O)N(c3cccc(C)c3)C2)nc2ccccc21. The Morgan fingerprint density at radius 1 is 1.22 bits per heavy atom. The minimum absolute atomic E-state index is 0.0716. The minimum atomic E-state index is -0.334. The molecule has 1 aliphatic heterocycles. The third-order valence-corrected chi connectivity index (χ3v) is 5.00. The number of para-hydroxylation sites is 2. The van der Waals surface area contributed by atoms with Crippen LogP contribution in [0.15, 0.2) is 48.5 Å². The second-order valence-corrected chi connectivity index (χ2v) is 6.87. The highest BCUT2D eigenvalue weighted by atomic mass is 16.5. The number of amides is 1. The first kappa shape index (κ1) is 17.3. The lowest BCUT2D eigenvalue weighted by molar-refractivity contribution is -0.141. The van der Waals surface area contributed by atoms with Crippen molar-refractivity contribution in [2.45, 2.75) is 25.8 Å². The molecule has 2 heterocycles. The first-order valence-corrected chi connectivity index (χ1v) is 8.96. The highest BCUT2D eigenvalue weighted by Crippen LogP contribution is 2.33. The summed E-state index contributed by atoms with van der Waals surface area (Å²) >= 11 is 0. The standard InChI is InChI=1S/C21H21N3O3/c1-14-6-5-7-16(10-14)23-12-15(11-19(23)25)21-22-17-8-3-4-9-18(17)24(21)13-20(26)27-2/h3-10,15H,11-13H2,1-2H3/t15-/m1/s1. The number of nitrogens with zero attached hydrogens (tertiary/aromatic N) is 3. The number of benzene rings is 2. The molecule has 2 aromatic carbocycles. The van der Waals surface area contributed by atoms with Gasteiger partial charge >= 0.3 is 5.97 Å². The molecular formula is C21H21N3O3. The van der Waals surface area contributed by atoms with Gasteiger partial charge in [-0.2, -0.15) is 0 Å². The van der Waals surface area contributed by atoms with Gasteiger partial charge in [0.05, 0.1) is 18.1 Å². The molecule has 0 saturated carbocycles. The van der Waals surface area contributed by atoms with Gasteiger partial charge in [0.2, 0.25) is 5.91 Å². The summed E-state index contributed by atoms with van der Waals surface area (Å²) in [4.78, 5) is 31.1. The molecule has 27 heavy (non-hydrogen) atoms. The van der Waals surface area contributed by atoms with Gasteiger partial charge in [-0.05, 0) is 36.8 Å². The maximum Gasteiger partial charge on any atom is 0.325 e. The summed E-state index contributed by atoms with van der Waals surface area (Å²) < 4.78 is 6.72. The van der Waals surface area contributed by atoms with Crippen molar-refractivity contribution in [3.05, 3.63) is 59.9 Å². The number of hydrogen-bond acceptors (Lipinski definition) is 4. The van der Waals surface area contributed by atoms with E-state index in [9.17, 15) is 9.59 Å². The van der Waals surface area contributed by atoms with Crippen LogP contribution in [0.3, 0.4) is 0 Å². The molecule has 3 aromatic rings. The van der Waals surface area contributed by atoms with Crippen LogP contribution in [-0.4, -0.2) is 35.1 Å². The first-order valence-electron chi connectivity index (χ1n) is 8.96. The Bertz CT molecular complexity index is 1020. The second-order valence-electron chi connectivity index (χ2n) is 6.87. The molecule has 1 saturated heterocycles. The quantitative estimate of drug-likeness (QED) is 0.669. The summed E-state index contributed by atoms with van der Waals surface area (Å²) in [5, 5.41) is 0. The van der Waals surface area contributed by atoms with Crippen LogP contribution in [0.25, 0.3) is 11.0 Å². The lowest BCUT2D eigenvalue weighted by Gasteiger charge is -2.17. The van der Waals surface area contributed by atoms with Gasteiger partial charge in [0.15, 0.2) is 0 Å². The zero-order valence-electron chi connectivity index (χ0n) is 15.4. The highest BCUT2D eigenvalue weighted by Gasteiger charge is 2.35. The van der Waals surface area contributed by atoms with Crippen molar-refractivity contribution in [3.63, 3.8) is 0 Å². The number of hydrogen-bond donors (Lipinski definition) is 0. The van der Waals surface area contributed by atoms with Gasteiger partial charge in [-0.1, -0.05) is 24.3 Å². The summed E-state index contributed by atoms with van der Waals surface area (Å²) in [6.45, 7) is 2.64. The number of ether oxygens (including phenoxy) is 1. The van der Waals surface area contributed by atoms with E-state index in [0.29, 0.717) is 13.0 Å². The average molecular weight is 363 g/mol. The Morgan fingerprint density at radius 2 is 2.04 bits per heavy atom. The van der Waals surface area contributed by atoms with Crippen molar-refractivity contribution in [3.8, 4) is 0 Å². The Hall–Kier alpha value is -3.15. The molecule has 138 valence electrons. The summed E-state index contributed by atoms with van der Waals surface area (Å²) in [6.07, 6.45) is 0.373. The van der Waals surface area contributed by atoms with Crippen LogP contribution in [0.5, 0.6) is 0 Å². The molecule has 0 N–H and O–H groups in total. The van der Waals surface area contributed by atoms with Crippen molar-refractivity contribution in [2.24, 2.45) is 0 Å². The molecular weight excluding hydrogens is 342 g/mol. The smallest absolute Gasteiger partial charge is 0.325 e.